The first-order valence-corrected chi connectivity index (χ1v) is 7.14. The number of halogens is 2. The van der Waals surface area contributed by atoms with E-state index in [-0.39, 0.29) is 16.5 Å². The fourth-order valence-electron chi connectivity index (χ4n) is 1.76. The van der Waals surface area contributed by atoms with Gasteiger partial charge >= 0.3 is 0 Å². The number of carbonyl (C=O) groups is 1. The summed E-state index contributed by atoms with van der Waals surface area (Å²) in [7, 11) is 0. The summed E-state index contributed by atoms with van der Waals surface area (Å²) in [5.74, 6) is -0.871. The largest absolute Gasteiger partial charge is 0.391 e. The lowest BCUT2D eigenvalue weighted by molar-refractivity contribution is 0.0919. The number of thiocarbonyl (C=S) groups is 1. The van der Waals surface area contributed by atoms with Crippen LogP contribution in [0.4, 0.5) is 4.39 Å². The van der Waals surface area contributed by atoms with Crippen LogP contribution in [-0.2, 0) is 0 Å². The molecule has 0 saturated heterocycles. The third-order valence-corrected chi connectivity index (χ3v) is 4.25. The average molecular weight is 347 g/mol. The van der Waals surface area contributed by atoms with E-state index in [1.807, 2.05) is 13.8 Å². The molecule has 3 N–H and O–H groups in total. The molecule has 0 radical (unpaired) electrons. The van der Waals surface area contributed by atoms with Crippen LogP contribution >= 0.6 is 28.1 Å². The number of amides is 1. The zero-order chi connectivity index (χ0) is 14.6. The third kappa shape index (κ3) is 3.51. The van der Waals surface area contributed by atoms with Crippen LogP contribution in [0.2, 0.25) is 0 Å². The van der Waals surface area contributed by atoms with E-state index in [4.69, 9.17) is 18.0 Å². The number of hydrogen-bond acceptors (Lipinski definition) is 2. The quantitative estimate of drug-likeness (QED) is 0.805. The Morgan fingerprint density at radius 1 is 1.47 bits per heavy atom. The highest BCUT2D eigenvalue weighted by Gasteiger charge is 2.31. The minimum Gasteiger partial charge on any atom is -0.391 e. The van der Waals surface area contributed by atoms with Crippen molar-refractivity contribution >= 4 is 39.0 Å². The molecule has 1 rings (SSSR count). The summed E-state index contributed by atoms with van der Waals surface area (Å²) < 4.78 is 13.7. The molecule has 1 aromatic rings. The zero-order valence-electron chi connectivity index (χ0n) is 10.8. The van der Waals surface area contributed by atoms with Crippen molar-refractivity contribution in [1.82, 2.24) is 5.32 Å². The van der Waals surface area contributed by atoms with E-state index in [9.17, 15) is 9.18 Å². The number of benzene rings is 1. The van der Waals surface area contributed by atoms with Crippen molar-refractivity contribution in [2.45, 2.75) is 32.2 Å². The van der Waals surface area contributed by atoms with Gasteiger partial charge in [0, 0.05) is 5.56 Å². The number of carbonyl (C=O) groups excluding carboxylic acids is 1. The number of nitrogens with two attached hydrogens (primary N) is 1. The minimum absolute atomic E-state index is 0.239. The topological polar surface area (TPSA) is 55.1 Å². The zero-order valence-corrected chi connectivity index (χ0v) is 13.2. The second-order valence-electron chi connectivity index (χ2n) is 4.24. The molecular formula is C13H16BrFN2OS. The average Bonchev–Trinajstić information content (AvgIpc) is 2.38. The molecule has 0 fully saturated rings. The van der Waals surface area contributed by atoms with Gasteiger partial charge in [0.1, 0.15) is 5.82 Å². The standard InChI is InChI=1S/C13H16BrFN2OS/c1-3-13(4-2,12(16)19)17-11(18)8-5-6-9(14)10(15)7-8/h5-7H,3-4H2,1-2H3,(H2,16,19)(H,17,18). The van der Waals surface area contributed by atoms with E-state index < -0.39 is 11.4 Å². The van der Waals surface area contributed by atoms with Gasteiger partial charge in [-0.05, 0) is 47.0 Å². The smallest absolute Gasteiger partial charge is 0.252 e. The van der Waals surface area contributed by atoms with E-state index in [0.717, 1.165) is 0 Å². The van der Waals surface area contributed by atoms with Gasteiger partial charge in [-0.3, -0.25) is 4.79 Å². The maximum atomic E-state index is 13.4. The summed E-state index contributed by atoms with van der Waals surface area (Å²) in [4.78, 5) is 12.4. The maximum absolute atomic E-state index is 13.4. The molecule has 0 spiro atoms. The van der Waals surface area contributed by atoms with Gasteiger partial charge < -0.3 is 11.1 Å². The Morgan fingerprint density at radius 2 is 2.05 bits per heavy atom. The third-order valence-electron chi connectivity index (χ3n) is 3.21. The highest BCUT2D eigenvalue weighted by molar-refractivity contribution is 9.10. The molecule has 3 nitrogen and oxygen atoms in total. The van der Waals surface area contributed by atoms with Crippen LogP contribution < -0.4 is 11.1 Å². The van der Waals surface area contributed by atoms with E-state index in [2.05, 4.69) is 21.2 Å². The molecule has 0 bridgehead atoms. The van der Waals surface area contributed by atoms with E-state index >= 15 is 0 Å². The predicted octanol–water partition coefficient (Wildman–Crippen LogP) is 3.16. The lowest BCUT2D eigenvalue weighted by Crippen LogP contribution is -2.55. The molecule has 0 aliphatic carbocycles. The summed E-state index contributed by atoms with van der Waals surface area (Å²) in [6, 6.07) is 4.21. The second kappa shape index (κ2) is 6.43. The van der Waals surface area contributed by atoms with Crippen LogP contribution in [0.3, 0.4) is 0 Å². The fourth-order valence-corrected chi connectivity index (χ4v) is 2.35. The van der Waals surface area contributed by atoms with Crippen LogP contribution in [0.5, 0.6) is 0 Å². The molecule has 0 aliphatic rings. The number of nitrogens with one attached hydrogen (secondary N) is 1. The predicted molar refractivity (Wildman–Crippen MR) is 81.7 cm³/mol. The second-order valence-corrected chi connectivity index (χ2v) is 5.53. The van der Waals surface area contributed by atoms with Gasteiger partial charge in [0.05, 0.1) is 15.0 Å². The Morgan fingerprint density at radius 3 is 2.47 bits per heavy atom. The van der Waals surface area contributed by atoms with Gasteiger partial charge in [-0.2, -0.15) is 0 Å². The normalized spacial score (nSPS) is 11.2. The summed E-state index contributed by atoms with van der Waals surface area (Å²) >= 11 is 8.07. The Kier molecular flexibility index (Phi) is 5.43. The number of hydrogen-bond donors (Lipinski definition) is 2. The van der Waals surface area contributed by atoms with Crippen molar-refractivity contribution in [3.8, 4) is 0 Å². The first-order chi connectivity index (χ1) is 8.86. The molecule has 0 saturated carbocycles. The highest BCUT2D eigenvalue weighted by Crippen LogP contribution is 2.19. The van der Waals surface area contributed by atoms with Crippen molar-refractivity contribution in [1.29, 1.82) is 0 Å². The van der Waals surface area contributed by atoms with E-state index in [1.165, 1.54) is 18.2 Å². The summed E-state index contributed by atoms with van der Waals surface area (Å²) in [5.41, 5.74) is 5.22. The van der Waals surface area contributed by atoms with Gasteiger partial charge in [-0.1, -0.05) is 26.1 Å². The van der Waals surface area contributed by atoms with Gasteiger partial charge in [0.25, 0.3) is 5.91 Å². The van der Waals surface area contributed by atoms with Crippen LogP contribution in [0.25, 0.3) is 0 Å². The molecule has 0 unspecified atom stereocenters. The van der Waals surface area contributed by atoms with E-state index in [0.29, 0.717) is 17.3 Å². The molecule has 19 heavy (non-hydrogen) atoms. The van der Waals surface area contributed by atoms with Crippen molar-refractivity contribution < 1.29 is 9.18 Å². The Labute approximate surface area is 125 Å². The van der Waals surface area contributed by atoms with Gasteiger partial charge in [-0.15, -0.1) is 0 Å². The van der Waals surface area contributed by atoms with Crippen molar-refractivity contribution in [3.05, 3.63) is 34.1 Å². The molecule has 0 heterocycles. The van der Waals surface area contributed by atoms with Crippen LogP contribution in [0, 0.1) is 5.82 Å². The number of rotatable bonds is 5. The monoisotopic (exact) mass is 346 g/mol. The first-order valence-electron chi connectivity index (χ1n) is 5.93. The maximum Gasteiger partial charge on any atom is 0.252 e. The summed E-state index contributed by atoms with van der Waals surface area (Å²) in [6.45, 7) is 3.79. The van der Waals surface area contributed by atoms with E-state index in [1.54, 1.807) is 0 Å². The lowest BCUT2D eigenvalue weighted by atomic mass is 9.92. The van der Waals surface area contributed by atoms with Gasteiger partial charge in [-0.25, -0.2) is 4.39 Å². The Balaban J connectivity index is 3.00. The van der Waals surface area contributed by atoms with Gasteiger partial charge in [0.15, 0.2) is 0 Å². The van der Waals surface area contributed by atoms with Crippen molar-refractivity contribution in [3.63, 3.8) is 0 Å². The minimum atomic E-state index is -0.726. The Hall–Kier alpha value is -1.01. The summed E-state index contributed by atoms with van der Waals surface area (Å²) in [6.07, 6.45) is 1.17. The molecular weight excluding hydrogens is 331 g/mol. The molecule has 0 atom stereocenters. The van der Waals surface area contributed by atoms with Gasteiger partial charge in [0.2, 0.25) is 0 Å². The molecule has 0 aliphatic heterocycles. The van der Waals surface area contributed by atoms with Crippen molar-refractivity contribution in [2.24, 2.45) is 5.73 Å². The first kappa shape index (κ1) is 16.0. The van der Waals surface area contributed by atoms with Crippen LogP contribution in [-0.4, -0.2) is 16.4 Å². The lowest BCUT2D eigenvalue weighted by Gasteiger charge is -2.31. The van der Waals surface area contributed by atoms with Crippen LogP contribution in [0.1, 0.15) is 37.0 Å². The SMILES string of the molecule is CCC(CC)(NC(=O)c1ccc(Br)c(F)c1)C(N)=S. The molecule has 6 heteroatoms. The van der Waals surface area contributed by atoms with Crippen molar-refractivity contribution in [2.75, 3.05) is 0 Å². The highest BCUT2D eigenvalue weighted by atomic mass is 79.9. The van der Waals surface area contributed by atoms with Crippen LogP contribution in [0.15, 0.2) is 22.7 Å². The fraction of sp³-hybridized carbons (Fsp3) is 0.385. The Bertz CT molecular complexity index is 503. The molecule has 0 aromatic heterocycles. The molecule has 1 aromatic carbocycles. The molecule has 1 amide bonds. The summed E-state index contributed by atoms with van der Waals surface area (Å²) in [5, 5.41) is 2.81. The molecule has 104 valence electrons.